The predicted octanol–water partition coefficient (Wildman–Crippen LogP) is 6.42. The lowest BCUT2D eigenvalue weighted by Gasteiger charge is -2.27. The van der Waals surface area contributed by atoms with Gasteiger partial charge in [-0.05, 0) is 72.8 Å². The fraction of sp³-hybridized carbons (Fsp3) is 0. The Morgan fingerprint density at radius 3 is 0.643 bits per heavy atom. The topological polar surface area (TPSA) is 35.5 Å². The first-order chi connectivity index (χ1) is 20.7. The van der Waals surface area contributed by atoms with E-state index < -0.39 is 26.3 Å². The maximum atomic E-state index is 14.6. The molecule has 0 saturated heterocycles. The zero-order valence-corrected chi connectivity index (χ0v) is 25.5. The Hall–Kier alpha value is -3.75. The molecular formula is C36H30O3P2S+2. The van der Waals surface area contributed by atoms with E-state index in [0.29, 0.717) is 0 Å². The van der Waals surface area contributed by atoms with Crippen LogP contribution in [0.3, 0.4) is 0 Å². The lowest BCUT2D eigenvalue weighted by Crippen LogP contribution is -2.36. The molecule has 42 heavy (non-hydrogen) atoms. The molecule has 0 fully saturated rings. The van der Waals surface area contributed by atoms with Crippen molar-refractivity contribution in [3.63, 3.8) is 0 Å². The minimum Gasteiger partial charge on any atom is -0.190 e. The van der Waals surface area contributed by atoms with Crippen molar-refractivity contribution in [1.82, 2.24) is 0 Å². The minimum atomic E-state index is -2.88. The highest BCUT2D eigenvalue weighted by Crippen LogP contribution is 2.62. The maximum Gasteiger partial charge on any atom is 0.378 e. The molecule has 0 aliphatic heterocycles. The van der Waals surface area contributed by atoms with Gasteiger partial charge in [-0.2, -0.15) is 4.21 Å². The van der Waals surface area contributed by atoms with E-state index in [9.17, 15) is 4.21 Å². The zero-order valence-electron chi connectivity index (χ0n) is 22.8. The van der Waals surface area contributed by atoms with Crippen molar-refractivity contribution in [2.75, 3.05) is 0 Å². The molecule has 206 valence electrons. The first-order valence-electron chi connectivity index (χ1n) is 13.7. The first-order valence-corrected chi connectivity index (χ1v) is 18.1. The second-order valence-corrected chi connectivity index (χ2v) is 16.7. The molecular weight excluding hydrogens is 574 g/mol. The SMILES string of the molecule is O=S(O[P+](c1ccccc1)(c1ccccc1)c1ccccc1)O[P+](c1ccccc1)(c1ccccc1)c1ccccc1. The standard InChI is InChI=1S/C36H30O3P2S/c37-42(38-40(31-19-7-1-8-20-31,32-21-9-2-10-22-32)33-23-11-3-12-24-33)39-41(34-25-13-4-14-26-34,35-27-15-5-16-28-35)36-29-17-6-18-30-36/h1-30H/q+2. The van der Waals surface area contributed by atoms with E-state index in [1.54, 1.807) is 0 Å². The summed E-state index contributed by atoms with van der Waals surface area (Å²) in [6.45, 7) is 0. The third kappa shape index (κ3) is 5.53. The summed E-state index contributed by atoms with van der Waals surface area (Å²) >= 11 is -2.16. The van der Waals surface area contributed by atoms with Crippen LogP contribution in [0, 0.1) is 0 Å². The van der Waals surface area contributed by atoms with Crippen LogP contribution < -0.4 is 31.8 Å². The molecule has 6 rings (SSSR count). The first kappa shape index (κ1) is 28.4. The Bertz CT molecular complexity index is 1400. The highest BCUT2D eigenvalue weighted by Gasteiger charge is 2.56. The molecule has 0 aromatic heterocycles. The van der Waals surface area contributed by atoms with Gasteiger partial charge in [-0.3, -0.25) is 0 Å². The molecule has 0 spiro atoms. The normalized spacial score (nSPS) is 11.8. The Balaban J connectivity index is 1.55. The molecule has 0 aliphatic rings. The summed E-state index contributed by atoms with van der Waals surface area (Å²) < 4.78 is 28.4. The second-order valence-electron chi connectivity index (χ2n) is 9.59. The molecule has 3 nitrogen and oxygen atoms in total. The smallest absolute Gasteiger partial charge is 0.190 e. The Labute approximate surface area is 251 Å². The number of rotatable bonds is 10. The highest BCUT2D eigenvalue weighted by molar-refractivity contribution is 8.03. The maximum absolute atomic E-state index is 14.6. The van der Waals surface area contributed by atoms with Crippen LogP contribution in [0.25, 0.3) is 0 Å². The van der Waals surface area contributed by atoms with Crippen LogP contribution in [0.2, 0.25) is 0 Å². The summed E-state index contributed by atoms with van der Waals surface area (Å²) in [4.78, 5) is 0. The largest absolute Gasteiger partial charge is 0.378 e. The fourth-order valence-corrected chi connectivity index (χ4v) is 14.4. The summed E-state index contributed by atoms with van der Waals surface area (Å²) in [6, 6.07) is 60.5. The zero-order chi connectivity index (χ0) is 28.7. The molecule has 6 heteroatoms. The van der Waals surface area contributed by atoms with Gasteiger partial charge < -0.3 is 0 Å². The monoisotopic (exact) mass is 604 g/mol. The van der Waals surface area contributed by atoms with Gasteiger partial charge in [0.25, 0.3) is 15.0 Å². The Morgan fingerprint density at radius 2 is 0.476 bits per heavy atom. The summed E-state index contributed by atoms with van der Waals surface area (Å²) in [6.07, 6.45) is 0. The van der Waals surface area contributed by atoms with Gasteiger partial charge in [-0.25, -0.2) is 0 Å². The van der Waals surface area contributed by atoms with Gasteiger partial charge in [0, 0.05) is 0 Å². The summed E-state index contributed by atoms with van der Waals surface area (Å²) in [5.41, 5.74) is 0. The van der Waals surface area contributed by atoms with Gasteiger partial charge in [0.05, 0.1) is 0 Å². The van der Waals surface area contributed by atoms with E-state index in [-0.39, 0.29) is 0 Å². The van der Waals surface area contributed by atoms with Crippen molar-refractivity contribution in [3.05, 3.63) is 182 Å². The molecule has 0 unspecified atom stereocenters. The van der Waals surface area contributed by atoms with E-state index in [4.69, 9.17) is 7.94 Å². The Kier molecular flexibility index (Phi) is 8.81. The number of hydrogen-bond donors (Lipinski definition) is 0. The predicted molar refractivity (Wildman–Crippen MR) is 181 cm³/mol. The third-order valence-electron chi connectivity index (χ3n) is 7.06. The van der Waals surface area contributed by atoms with E-state index in [1.165, 1.54) is 0 Å². The second kappa shape index (κ2) is 13.0. The molecule has 0 radical (unpaired) electrons. The average molecular weight is 605 g/mol. The highest BCUT2D eigenvalue weighted by atomic mass is 32.2. The van der Waals surface area contributed by atoms with E-state index >= 15 is 0 Å². The van der Waals surface area contributed by atoms with Crippen molar-refractivity contribution in [2.45, 2.75) is 0 Å². The van der Waals surface area contributed by atoms with Gasteiger partial charge in [-0.15, -0.1) is 0 Å². The van der Waals surface area contributed by atoms with Crippen molar-refractivity contribution in [2.24, 2.45) is 0 Å². The lowest BCUT2D eigenvalue weighted by atomic mass is 10.4. The van der Waals surface area contributed by atoms with Gasteiger partial charge in [0.15, 0.2) is 0 Å². The average Bonchev–Trinajstić information content (AvgIpc) is 3.08. The van der Waals surface area contributed by atoms with Crippen LogP contribution in [0.5, 0.6) is 0 Å². The fourth-order valence-electron chi connectivity index (χ4n) is 5.18. The van der Waals surface area contributed by atoms with Gasteiger partial charge in [0.1, 0.15) is 31.8 Å². The van der Waals surface area contributed by atoms with Crippen LogP contribution >= 0.6 is 15.0 Å². The van der Waals surface area contributed by atoms with Gasteiger partial charge in [0.2, 0.25) is 0 Å². The van der Waals surface area contributed by atoms with Crippen molar-refractivity contribution >= 4 is 58.2 Å². The van der Waals surface area contributed by atoms with Crippen LogP contribution in [0.15, 0.2) is 182 Å². The molecule has 0 atom stereocenters. The molecule has 0 saturated carbocycles. The van der Waals surface area contributed by atoms with Crippen molar-refractivity contribution in [3.8, 4) is 0 Å². The lowest BCUT2D eigenvalue weighted by molar-refractivity contribution is 0.505. The molecule has 6 aromatic rings. The molecule has 0 amide bonds. The Morgan fingerprint density at radius 1 is 0.310 bits per heavy atom. The molecule has 0 bridgehead atoms. The number of hydrogen-bond acceptors (Lipinski definition) is 3. The van der Waals surface area contributed by atoms with E-state index in [2.05, 4.69) is 72.8 Å². The van der Waals surface area contributed by atoms with Crippen LogP contribution in [0.4, 0.5) is 0 Å². The molecule has 0 heterocycles. The van der Waals surface area contributed by atoms with E-state index in [0.717, 1.165) is 31.8 Å². The summed E-state index contributed by atoms with van der Waals surface area (Å²) in [5.74, 6) is 0. The van der Waals surface area contributed by atoms with Crippen molar-refractivity contribution in [1.29, 1.82) is 0 Å². The summed E-state index contributed by atoms with van der Waals surface area (Å²) in [5, 5.41) is 5.76. The van der Waals surface area contributed by atoms with Crippen LogP contribution in [-0.4, -0.2) is 4.21 Å². The number of benzene rings is 6. The van der Waals surface area contributed by atoms with E-state index in [1.807, 2.05) is 109 Å². The van der Waals surface area contributed by atoms with Crippen molar-refractivity contribution < 1.29 is 12.1 Å². The van der Waals surface area contributed by atoms with Crippen LogP contribution in [-0.2, 0) is 19.3 Å². The molecule has 0 N–H and O–H groups in total. The third-order valence-corrected chi connectivity index (χ3v) is 16.0. The minimum absolute atomic E-state index is 0.961. The molecule has 6 aromatic carbocycles. The molecule has 0 aliphatic carbocycles. The van der Waals surface area contributed by atoms with Gasteiger partial charge >= 0.3 is 11.4 Å². The summed E-state index contributed by atoms with van der Waals surface area (Å²) in [7, 11) is -5.76. The van der Waals surface area contributed by atoms with Gasteiger partial charge in [-0.1, -0.05) is 117 Å². The van der Waals surface area contributed by atoms with Crippen LogP contribution in [0.1, 0.15) is 0 Å². The quantitative estimate of drug-likeness (QED) is 0.170.